The summed E-state index contributed by atoms with van der Waals surface area (Å²) in [5.41, 5.74) is 2.89. The van der Waals surface area contributed by atoms with Gasteiger partial charge >= 0.3 is 0 Å². The number of rotatable bonds is 3. The fourth-order valence-corrected chi connectivity index (χ4v) is 3.06. The van der Waals surface area contributed by atoms with Crippen molar-refractivity contribution in [3.8, 4) is 5.75 Å². The summed E-state index contributed by atoms with van der Waals surface area (Å²) in [5.74, 6) is 1.66. The van der Waals surface area contributed by atoms with Gasteiger partial charge in [-0.25, -0.2) is 4.98 Å². The molecular formula is C18H16N2O. The fourth-order valence-electron chi connectivity index (χ4n) is 3.06. The molecule has 3 nitrogen and oxygen atoms in total. The van der Waals surface area contributed by atoms with Gasteiger partial charge in [0.15, 0.2) is 0 Å². The van der Waals surface area contributed by atoms with Gasteiger partial charge in [0.1, 0.15) is 11.6 Å². The molecule has 0 aliphatic heterocycles. The maximum atomic E-state index is 9.66. The van der Waals surface area contributed by atoms with Gasteiger partial charge in [0, 0.05) is 24.0 Å². The zero-order chi connectivity index (χ0) is 14.2. The van der Waals surface area contributed by atoms with Gasteiger partial charge < -0.3 is 10.4 Å². The molecule has 1 atom stereocenters. The number of hydrogen-bond donors (Lipinski definition) is 2. The largest absolute Gasteiger partial charge is 0.508 e. The van der Waals surface area contributed by atoms with E-state index in [0.29, 0.717) is 5.92 Å². The predicted octanol–water partition coefficient (Wildman–Crippen LogP) is 3.69. The number of fused-ring (bicyclic) bond motifs is 2. The van der Waals surface area contributed by atoms with Crippen molar-refractivity contribution in [2.24, 2.45) is 0 Å². The van der Waals surface area contributed by atoms with Crippen molar-refractivity contribution in [1.29, 1.82) is 0 Å². The summed E-state index contributed by atoms with van der Waals surface area (Å²) in [5, 5.41) is 15.1. The molecule has 0 saturated heterocycles. The molecule has 0 radical (unpaired) electrons. The summed E-state index contributed by atoms with van der Waals surface area (Å²) in [4.78, 5) is 4.41. The van der Waals surface area contributed by atoms with E-state index in [2.05, 4.69) is 34.6 Å². The Morgan fingerprint density at radius 3 is 2.95 bits per heavy atom. The van der Waals surface area contributed by atoms with Crippen molar-refractivity contribution in [2.75, 3.05) is 11.9 Å². The molecule has 3 aromatic rings. The number of anilines is 1. The third-order valence-electron chi connectivity index (χ3n) is 4.23. The van der Waals surface area contributed by atoms with E-state index in [1.54, 1.807) is 18.3 Å². The zero-order valence-corrected chi connectivity index (χ0v) is 11.6. The van der Waals surface area contributed by atoms with E-state index in [-0.39, 0.29) is 5.75 Å². The predicted molar refractivity (Wildman–Crippen MR) is 84.8 cm³/mol. The number of nitrogens with one attached hydrogen (secondary N) is 1. The number of hydrogen-bond acceptors (Lipinski definition) is 3. The van der Waals surface area contributed by atoms with E-state index < -0.39 is 0 Å². The van der Waals surface area contributed by atoms with E-state index in [0.717, 1.165) is 29.6 Å². The quantitative estimate of drug-likeness (QED) is 0.767. The molecule has 0 fully saturated rings. The molecule has 4 rings (SSSR count). The van der Waals surface area contributed by atoms with Gasteiger partial charge in [-0.1, -0.05) is 30.3 Å². The van der Waals surface area contributed by atoms with Crippen LogP contribution in [0.2, 0.25) is 0 Å². The molecule has 21 heavy (non-hydrogen) atoms. The highest BCUT2D eigenvalue weighted by Gasteiger charge is 2.25. The molecule has 1 unspecified atom stereocenters. The van der Waals surface area contributed by atoms with E-state index in [9.17, 15) is 5.11 Å². The van der Waals surface area contributed by atoms with Crippen LogP contribution in [0, 0.1) is 0 Å². The molecule has 0 amide bonds. The lowest BCUT2D eigenvalue weighted by molar-refractivity contribution is 0.476. The molecule has 1 aliphatic rings. The number of phenolic OH excluding ortho intramolecular Hbond substituents is 1. The number of phenols is 1. The van der Waals surface area contributed by atoms with E-state index in [4.69, 9.17) is 0 Å². The SMILES string of the molecule is Oc1ccc2ccnc(NCC3Cc4ccccc43)c2c1. The monoisotopic (exact) mass is 276 g/mol. The minimum atomic E-state index is 0.271. The highest BCUT2D eigenvalue weighted by atomic mass is 16.3. The van der Waals surface area contributed by atoms with Crippen LogP contribution in [0.25, 0.3) is 10.8 Å². The normalized spacial score (nSPS) is 16.3. The Morgan fingerprint density at radius 1 is 1.14 bits per heavy atom. The van der Waals surface area contributed by atoms with Gasteiger partial charge in [0.25, 0.3) is 0 Å². The highest BCUT2D eigenvalue weighted by Crippen LogP contribution is 2.35. The van der Waals surface area contributed by atoms with Crippen LogP contribution in [0.15, 0.2) is 54.7 Å². The topological polar surface area (TPSA) is 45.2 Å². The Balaban J connectivity index is 1.57. The van der Waals surface area contributed by atoms with Gasteiger partial charge in [0.2, 0.25) is 0 Å². The lowest BCUT2D eigenvalue weighted by Crippen LogP contribution is -2.24. The van der Waals surface area contributed by atoms with E-state index in [1.165, 1.54) is 11.1 Å². The van der Waals surface area contributed by atoms with Crippen molar-refractivity contribution in [3.05, 3.63) is 65.9 Å². The number of nitrogens with zero attached hydrogens (tertiary/aromatic N) is 1. The van der Waals surface area contributed by atoms with Crippen molar-refractivity contribution in [2.45, 2.75) is 12.3 Å². The van der Waals surface area contributed by atoms with Gasteiger partial charge in [-0.05, 0) is 41.1 Å². The number of benzene rings is 2. The van der Waals surface area contributed by atoms with Crippen LogP contribution in [0.5, 0.6) is 5.75 Å². The molecule has 0 spiro atoms. The minimum absolute atomic E-state index is 0.271. The Kier molecular flexibility index (Phi) is 2.78. The first-order valence-corrected chi connectivity index (χ1v) is 7.21. The first-order chi connectivity index (χ1) is 10.3. The third-order valence-corrected chi connectivity index (χ3v) is 4.23. The summed E-state index contributed by atoms with van der Waals surface area (Å²) in [7, 11) is 0. The van der Waals surface area contributed by atoms with Gasteiger partial charge in [-0.3, -0.25) is 0 Å². The summed E-state index contributed by atoms with van der Waals surface area (Å²) in [6, 6.07) is 15.9. The van der Waals surface area contributed by atoms with Gasteiger partial charge in [-0.2, -0.15) is 0 Å². The van der Waals surface area contributed by atoms with Crippen LogP contribution >= 0.6 is 0 Å². The lowest BCUT2D eigenvalue weighted by atomic mass is 9.77. The van der Waals surface area contributed by atoms with Crippen LogP contribution in [-0.4, -0.2) is 16.6 Å². The minimum Gasteiger partial charge on any atom is -0.508 e. The summed E-state index contributed by atoms with van der Waals surface area (Å²) in [6.45, 7) is 0.874. The van der Waals surface area contributed by atoms with Crippen LogP contribution in [0.3, 0.4) is 0 Å². The summed E-state index contributed by atoms with van der Waals surface area (Å²) < 4.78 is 0. The van der Waals surface area contributed by atoms with Crippen LogP contribution in [-0.2, 0) is 6.42 Å². The highest BCUT2D eigenvalue weighted by molar-refractivity contribution is 5.92. The molecule has 3 heteroatoms. The summed E-state index contributed by atoms with van der Waals surface area (Å²) >= 11 is 0. The van der Waals surface area contributed by atoms with Crippen molar-refractivity contribution in [3.63, 3.8) is 0 Å². The standard InChI is InChI=1S/C18H16N2O/c21-15-6-5-12-7-8-19-18(17(12)10-15)20-11-14-9-13-3-1-2-4-16(13)14/h1-8,10,14,21H,9,11H2,(H,19,20). The maximum Gasteiger partial charge on any atom is 0.133 e. The first-order valence-electron chi connectivity index (χ1n) is 7.21. The van der Waals surface area contributed by atoms with Crippen molar-refractivity contribution in [1.82, 2.24) is 4.98 Å². The molecule has 104 valence electrons. The smallest absolute Gasteiger partial charge is 0.133 e. The molecule has 1 aromatic heterocycles. The fraction of sp³-hybridized carbons (Fsp3) is 0.167. The van der Waals surface area contributed by atoms with Crippen molar-refractivity contribution < 1.29 is 5.11 Å². The molecule has 1 aliphatic carbocycles. The zero-order valence-electron chi connectivity index (χ0n) is 11.6. The van der Waals surface area contributed by atoms with Gasteiger partial charge in [0.05, 0.1) is 0 Å². The van der Waals surface area contributed by atoms with E-state index >= 15 is 0 Å². The molecule has 2 N–H and O–H groups in total. The van der Waals surface area contributed by atoms with Crippen molar-refractivity contribution >= 4 is 16.6 Å². The Labute approximate surface area is 123 Å². The van der Waals surface area contributed by atoms with Crippen LogP contribution < -0.4 is 5.32 Å². The average Bonchev–Trinajstić information content (AvgIpc) is 2.48. The number of aromatic nitrogens is 1. The molecule has 0 saturated carbocycles. The van der Waals surface area contributed by atoms with Crippen LogP contribution in [0.1, 0.15) is 17.0 Å². The first kappa shape index (κ1) is 12.2. The molecule has 1 heterocycles. The Morgan fingerprint density at radius 2 is 2.05 bits per heavy atom. The Bertz CT molecular complexity index is 813. The second kappa shape index (κ2) is 4.77. The number of aromatic hydroxyl groups is 1. The second-order valence-corrected chi connectivity index (χ2v) is 5.55. The molecule has 2 aromatic carbocycles. The lowest BCUT2D eigenvalue weighted by Gasteiger charge is -2.30. The van der Waals surface area contributed by atoms with Crippen LogP contribution in [0.4, 0.5) is 5.82 Å². The van der Waals surface area contributed by atoms with Gasteiger partial charge in [-0.15, -0.1) is 0 Å². The summed E-state index contributed by atoms with van der Waals surface area (Å²) in [6.07, 6.45) is 2.93. The third kappa shape index (κ3) is 2.11. The molecular weight excluding hydrogens is 260 g/mol. The molecule has 0 bridgehead atoms. The maximum absolute atomic E-state index is 9.66. The van der Waals surface area contributed by atoms with E-state index in [1.807, 2.05) is 12.1 Å². The average molecular weight is 276 g/mol. The Hall–Kier alpha value is -2.55. The number of pyridine rings is 1. The second-order valence-electron chi connectivity index (χ2n) is 5.55.